The molecular weight excluding hydrogens is 442 g/mol. The number of carbonyl (C=O) groups is 1. The molecule has 0 saturated heterocycles. The summed E-state index contributed by atoms with van der Waals surface area (Å²) < 4.78 is 11.2. The lowest BCUT2D eigenvalue weighted by Gasteiger charge is -2.27. The number of nitrogens with one attached hydrogen (secondary N) is 1. The number of aryl methyl sites for hydroxylation is 1. The van der Waals surface area contributed by atoms with Crippen molar-refractivity contribution in [2.45, 2.75) is 31.4 Å². The third kappa shape index (κ3) is 6.48. The summed E-state index contributed by atoms with van der Waals surface area (Å²) in [5.41, 5.74) is 3.32. The van der Waals surface area contributed by atoms with Gasteiger partial charge >= 0.3 is 5.97 Å². The maximum Gasteiger partial charge on any atom is 0.341 e. The lowest BCUT2D eigenvalue weighted by molar-refractivity contribution is -0.139. The van der Waals surface area contributed by atoms with Crippen LogP contribution in [0.25, 0.3) is 0 Å². The zero-order valence-corrected chi connectivity index (χ0v) is 18.8. The quantitative estimate of drug-likeness (QED) is 0.420. The van der Waals surface area contributed by atoms with Crippen molar-refractivity contribution in [2.75, 3.05) is 13.2 Å². The van der Waals surface area contributed by atoms with Crippen LogP contribution in [0.4, 0.5) is 0 Å². The van der Waals surface area contributed by atoms with Gasteiger partial charge in [0.1, 0.15) is 17.2 Å². The molecule has 0 bridgehead atoms. The van der Waals surface area contributed by atoms with Crippen LogP contribution >= 0.6 is 11.6 Å². The van der Waals surface area contributed by atoms with E-state index in [9.17, 15) is 9.90 Å². The molecule has 0 amide bonds. The van der Waals surface area contributed by atoms with Crippen LogP contribution in [0.15, 0.2) is 66.7 Å². The molecule has 172 valence electrons. The van der Waals surface area contributed by atoms with Crippen LogP contribution in [0.1, 0.15) is 29.2 Å². The van der Waals surface area contributed by atoms with Crippen LogP contribution in [0.2, 0.25) is 5.02 Å². The Hall–Kier alpha value is -3.06. The second-order valence-electron chi connectivity index (χ2n) is 8.11. The SMILES string of the molecule is O=C(O)COc1cccc(Oc2ccc3c(c2)C[C@@H](NC[C@@H](O)c2cccc(Cl)c2)CC3)c1. The fourth-order valence-corrected chi connectivity index (χ4v) is 4.19. The first-order valence-corrected chi connectivity index (χ1v) is 11.3. The summed E-state index contributed by atoms with van der Waals surface area (Å²) in [4.78, 5) is 10.7. The second kappa shape index (κ2) is 10.7. The molecule has 0 fully saturated rings. The Morgan fingerprint density at radius 1 is 1.03 bits per heavy atom. The molecule has 4 rings (SSSR count). The Morgan fingerprint density at radius 2 is 1.82 bits per heavy atom. The maximum atomic E-state index is 10.7. The zero-order valence-electron chi connectivity index (χ0n) is 18.0. The highest BCUT2D eigenvalue weighted by atomic mass is 35.5. The second-order valence-corrected chi connectivity index (χ2v) is 8.55. The fourth-order valence-electron chi connectivity index (χ4n) is 3.99. The molecule has 6 nitrogen and oxygen atoms in total. The Kier molecular flexibility index (Phi) is 7.50. The van der Waals surface area contributed by atoms with E-state index in [1.165, 1.54) is 11.1 Å². The molecule has 0 radical (unpaired) electrons. The minimum absolute atomic E-state index is 0.259. The van der Waals surface area contributed by atoms with Gasteiger partial charge in [-0.3, -0.25) is 0 Å². The number of benzene rings is 3. The number of rotatable bonds is 9. The van der Waals surface area contributed by atoms with Crippen LogP contribution in [0.5, 0.6) is 17.2 Å². The van der Waals surface area contributed by atoms with E-state index >= 15 is 0 Å². The van der Waals surface area contributed by atoms with Gasteiger partial charge < -0.3 is 25.0 Å². The number of aliphatic carboxylic acids is 1. The summed E-state index contributed by atoms with van der Waals surface area (Å²) >= 11 is 6.03. The third-order valence-corrected chi connectivity index (χ3v) is 5.88. The van der Waals surface area contributed by atoms with Gasteiger partial charge in [-0.15, -0.1) is 0 Å². The Balaban J connectivity index is 1.36. The average molecular weight is 468 g/mol. The summed E-state index contributed by atoms with van der Waals surface area (Å²) in [5, 5.41) is 23.4. The summed E-state index contributed by atoms with van der Waals surface area (Å²) in [6.07, 6.45) is 2.18. The number of carboxylic acids is 1. The predicted molar refractivity (Wildman–Crippen MR) is 126 cm³/mol. The normalized spacial score (nSPS) is 16.0. The van der Waals surface area contributed by atoms with Crippen LogP contribution in [0.3, 0.4) is 0 Å². The topological polar surface area (TPSA) is 88.0 Å². The number of halogens is 1. The number of hydrogen-bond acceptors (Lipinski definition) is 5. The van der Waals surface area contributed by atoms with E-state index in [-0.39, 0.29) is 6.04 Å². The van der Waals surface area contributed by atoms with Crippen LogP contribution in [-0.4, -0.2) is 35.4 Å². The molecule has 3 aromatic carbocycles. The van der Waals surface area contributed by atoms with Crippen molar-refractivity contribution in [3.8, 4) is 17.2 Å². The van der Waals surface area contributed by atoms with E-state index in [1.54, 1.807) is 36.4 Å². The van der Waals surface area contributed by atoms with Crippen molar-refractivity contribution in [1.29, 1.82) is 0 Å². The molecule has 0 unspecified atom stereocenters. The van der Waals surface area contributed by atoms with Crippen molar-refractivity contribution in [1.82, 2.24) is 5.32 Å². The van der Waals surface area contributed by atoms with E-state index in [0.29, 0.717) is 28.8 Å². The van der Waals surface area contributed by atoms with Crippen LogP contribution < -0.4 is 14.8 Å². The fraction of sp³-hybridized carbons (Fsp3) is 0.269. The van der Waals surface area contributed by atoms with E-state index in [0.717, 1.165) is 24.8 Å². The molecule has 0 spiro atoms. The molecule has 1 aliphatic rings. The Labute approximate surface area is 197 Å². The van der Waals surface area contributed by atoms with Crippen molar-refractivity contribution in [3.05, 3.63) is 88.4 Å². The minimum Gasteiger partial charge on any atom is -0.482 e. The van der Waals surface area contributed by atoms with Crippen molar-refractivity contribution in [3.63, 3.8) is 0 Å². The lowest BCUT2D eigenvalue weighted by Crippen LogP contribution is -2.37. The molecule has 2 atom stereocenters. The predicted octanol–water partition coefficient (Wildman–Crippen LogP) is 4.78. The van der Waals surface area contributed by atoms with Crippen molar-refractivity contribution >= 4 is 17.6 Å². The van der Waals surface area contributed by atoms with Gasteiger partial charge in [0.15, 0.2) is 6.61 Å². The first-order chi connectivity index (χ1) is 16.0. The summed E-state index contributed by atoms with van der Waals surface area (Å²) in [6.45, 7) is 0.0579. The van der Waals surface area contributed by atoms with Gasteiger partial charge in [0.05, 0.1) is 6.10 Å². The molecular formula is C26H26ClNO5. The monoisotopic (exact) mass is 467 g/mol. The molecule has 0 heterocycles. The van der Waals surface area contributed by atoms with Gasteiger partial charge in [0.25, 0.3) is 0 Å². The van der Waals surface area contributed by atoms with E-state index in [4.69, 9.17) is 26.2 Å². The van der Waals surface area contributed by atoms with Crippen molar-refractivity contribution < 1.29 is 24.5 Å². The summed E-state index contributed by atoms with van der Waals surface area (Å²) in [6, 6.07) is 20.6. The van der Waals surface area contributed by atoms with E-state index < -0.39 is 18.7 Å². The maximum absolute atomic E-state index is 10.7. The van der Waals surface area contributed by atoms with Gasteiger partial charge in [0.2, 0.25) is 0 Å². The first-order valence-electron chi connectivity index (χ1n) is 10.9. The number of ether oxygens (including phenoxy) is 2. The van der Waals surface area contributed by atoms with E-state index in [2.05, 4.69) is 11.4 Å². The number of carboxylic acid groups (broad SMARTS) is 1. The Bertz CT molecular complexity index is 1120. The van der Waals surface area contributed by atoms with Gasteiger partial charge in [0, 0.05) is 23.7 Å². The summed E-state index contributed by atoms with van der Waals surface area (Å²) in [7, 11) is 0. The standard InChI is InChI=1S/C26H26ClNO5/c27-20-4-1-3-18(11-20)25(29)15-28-21-9-7-17-8-10-24(13-19(17)12-21)33-23-6-2-5-22(14-23)32-16-26(30)31/h1-6,8,10-11,13-14,21,25,28-29H,7,9,12,15-16H2,(H,30,31)/t21-,25+/m0/s1. The van der Waals surface area contributed by atoms with Gasteiger partial charge in [-0.2, -0.15) is 0 Å². The molecule has 0 aliphatic heterocycles. The van der Waals surface area contributed by atoms with Gasteiger partial charge in [-0.1, -0.05) is 35.9 Å². The first kappa shape index (κ1) is 23.1. The average Bonchev–Trinajstić information content (AvgIpc) is 2.81. The summed E-state index contributed by atoms with van der Waals surface area (Å²) in [5.74, 6) is 0.700. The number of aliphatic hydroxyl groups excluding tert-OH is 1. The molecule has 3 aromatic rings. The van der Waals surface area contributed by atoms with Gasteiger partial charge in [-0.25, -0.2) is 4.79 Å². The molecule has 33 heavy (non-hydrogen) atoms. The lowest BCUT2D eigenvalue weighted by atomic mass is 9.88. The molecule has 1 aliphatic carbocycles. The highest BCUT2D eigenvalue weighted by Gasteiger charge is 2.20. The van der Waals surface area contributed by atoms with Gasteiger partial charge in [-0.05, 0) is 72.4 Å². The van der Waals surface area contributed by atoms with Crippen LogP contribution in [0, 0.1) is 0 Å². The van der Waals surface area contributed by atoms with E-state index in [1.807, 2.05) is 24.3 Å². The molecule has 0 saturated carbocycles. The largest absolute Gasteiger partial charge is 0.482 e. The molecule has 3 N–H and O–H groups in total. The smallest absolute Gasteiger partial charge is 0.341 e. The zero-order chi connectivity index (χ0) is 23.2. The molecule has 7 heteroatoms. The Morgan fingerprint density at radius 3 is 2.64 bits per heavy atom. The van der Waals surface area contributed by atoms with Crippen molar-refractivity contribution in [2.24, 2.45) is 0 Å². The molecule has 0 aromatic heterocycles. The number of hydrogen-bond donors (Lipinski definition) is 3. The van der Waals surface area contributed by atoms with Crippen LogP contribution in [-0.2, 0) is 17.6 Å². The minimum atomic E-state index is -1.03. The highest BCUT2D eigenvalue weighted by Crippen LogP contribution is 2.30. The third-order valence-electron chi connectivity index (χ3n) is 5.64. The highest BCUT2D eigenvalue weighted by molar-refractivity contribution is 6.30. The number of fused-ring (bicyclic) bond motifs is 1. The number of aliphatic hydroxyl groups is 1.